The molecule has 0 aliphatic rings. The van der Waals surface area contributed by atoms with Crippen molar-refractivity contribution >= 4 is 17.4 Å². The molecule has 0 spiro atoms. The molecule has 0 bridgehead atoms. The van der Waals surface area contributed by atoms with Crippen LogP contribution in [0, 0.1) is 12.7 Å². The number of amides is 1. The first-order valence-corrected chi connectivity index (χ1v) is 7.80. The number of halogens is 1. The number of aromatic nitrogens is 2. The molecule has 25 heavy (non-hydrogen) atoms. The van der Waals surface area contributed by atoms with E-state index in [1.165, 1.54) is 6.07 Å². The van der Waals surface area contributed by atoms with E-state index in [-0.39, 0.29) is 17.4 Å². The number of pyridine rings is 1. The van der Waals surface area contributed by atoms with Crippen LogP contribution in [0.5, 0.6) is 0 Å². The molecule has 6 nitrogen and oxygen atoms in total. The molecule has 7 heteroatoms. The van der Waals surface area contributed by atoms with Gasteiger partial charge in [-0.05, 0) is 37.1 Å². The Morgan fingerprint density at radius 1 is 1.24 bits per heavy atom. The summed E-state index contributed by atoms with van der Waals surface area (Å²) in [6, 6.07) is 11.7. The molecule has 128 valence electrons. The maximum atomic E-state index is 13.5. The number of hydrogen-bond acceptors (Lipinski definition) is 5. The van der Waals surface area contributed by atoms with Crippen LogP contribution in [0.1, 0.15) is 21.8 Å². The third-order valence-electron chi connectivity index (χ3n) is 3.55. The number of benzene rings is 1. The van der Waals surface area contributed by atoms with Gasteiger partial charge in [0.05, 0.1) is 11.9 Å². The molecule has 1 aromatic carbocycles. The van der Waals surface area contributed by atoms with Gasteiger partial charge in [0.2, 0.25) is 0 Å². The van der Waals surface area contributed by atoms with Gasteiger partial charge >= 0.3 is 0 Å². The molecule has 0 aliphatic heterocycles. The van der Waals surface area contributed by atoms with Crippen LogP contribution in [-0.2, 0) is 6.42 Å². The van der Waals surface area contributed by atoms with E-state index in [9.17, 15) is 9.18 Å². The summed E-state index contributed by atoms with van der Waals surface area (Å²) < 4.78 is 18.4. The Bertz CT molecular complexity index is 862. The second-order valence-corrected chi connectivity index (χ2v) is 5.48. The lowest BCUT2D eigenvalue weighted by atomic mass is 10.1. The van der Waals surface area contributed by atoms with Crippen LogP contribution < -0.4 is 10.6 Å². The predicted octanol–water partition coefficient (Wildman–Crippen LogP) is 3.42. The Hall–Kier alpha value is -3.22. The van der Waals surface area contributed by atoms with Crippen LogP contribution in [0.2, 0.25) is 0 Å². The number of rotatable bonds is 6. The highest BCUT2D eigenvalue weighted by Crippen LogP contribution is 2.12. The number of carbonyl (C=O) groups excluding carboxylic acids is 1. The van der Waals surface area contributed by atoms with Gasteiger partial charge < -0.3 is 15.2 Å². The summed E-state index contributed by atoms with van der Waals surface area (Å²) in [4.78, 5) is 16.2. The van der Waals surface area contributed by atoms with Gasteiger partial charge in [-0.1, -0.05) is 23.4 Å². The quantitative estimate of drug-likeness (QED) is 0.719. The standard InChI is InChI=1S/C18H17FN4O2/c1-12-10-17(23-25-12)22-18(24)16-7-6-14(11-21-16)20-9-8-13-4-2-3-5-15(13)19/h2-7,10-11,20H,8-9H2,1H3,(H,22,23,24). The summed E-state index contributed by atoms with van der Waals surface area (Å²) in [7, 11) is 0. The SMILES string of the molecule is Cc1cc(NC(=O)c2ccc(NCCc3ccccc3F)cn2)no1. The fourth-order valence-electron chi connectivity index (χ4n) is 2.28. The van der Waals surface area contributed by atoms with Gasteiger partial charge in [0, 0.05) is 12.6 Å². The molecule has 1 amide bonds. The topological polar surface area (TPSA) is 80.0 Å². The molecular weight excluding hydrogens is 323 g/mol. The largest absolute Gasteiger partial charge is 0.383 e. The number of nitrogens with zero attached hydrogens (tertiary/aromatic N) is 2. The lowest BCUT2D eigenvalue weighted by Crippen LogP contribution is -2.14. The Balaban J connectivity index is 1.53. The van der Waals surface area contributed by atoms with Crippen molar-refractivity contribution in [3.63, 3.8) is 0 Å². The zero-order valence-corrected chi connectivity index (χ0v) is 13.6. The summed E-state index contributed by atoms with van der Waals surface area (Å²) in [5.74, 6) is 0.373. The zero-order valence-electron chi connectivity index (χ0n) is 13.6. The van der Waals surface area contributed by atoms with Gasteiger partial charge in [0.1, 0.15) is 17.3 Å². The molecule has 0 radical (unpaired) electrons. The summed E-state index contributed by atoms with van der Waals surface area (Å²) in [6.07, 6.45) is 2.12. The van der Waals surface area contributed by atoms with E-state index in [1.54, 1.807) is 43.5 Å². The van der Waals surface area contributed by atoms with Crippen molar-refractivity contribution in [1.29, 1.82) is 0 Å². The minimum atomic E-state index is -0.369. The van der Waals surface area contributed by atoms with Crippen molar-refractivity contribution in [3.8, 4) is 0 Å². The van der Waals surface area contributed by atoms with Crippen molar-refractivity contribution in [3.05, 3.63) is 71.5 Å². The molecule has 0 aliphatic carbocycles. The smallest absolute Gasteiger partial charge is 0.275 e. The highest BCUT2D eigenvalue weighted by atomic mass is 19.1. The molecule has 0 saturated carbocycles. The van der Waals surface area contributed by atoms with E-state index >= 15 is 0 Å². The van der Waals surface area contributed by atoms with Crippen LogP contribution in [0.15, 0.2) is 53.2 Å². The van der Waals surface area contributed by atoms with E-state index < -0.39 is 0 Å². The van der Waals surface area contributed by atoms with Crippen LogP contribution in [0.25, 0.3) is 0 Å². The molecule has 0 fully saturated rings. The van der Waals surface area contributed by atoms with E-state index in [0.29, 0.717) is 30.1 Å². The van der Waals surface area contributed by atoms with Crippen LogP contribution in [-0.4, -0.2) is 22.6 Å². The van der Waals surface area contributed by atoms with Crippen LogP contribution in [0.3, 0.4) is 0 Å². The Kier molecular flexibility index (Phi) is 5.03. The maximum absolute atomic E-state index is 13.5. The normalized spacial score (nSPS) is 10.5. The number of carbonyl (C=O) groups is 1. The number of hydrogen-bond donors (Lipinski definition) is 2. The van der Waals surface area contributed by atoms with Crippen molar-refractivity contribution in [2.24, 2.45) is 0 Å². The second kappa shape index (κ2) is 7.57. The highest BCUT2D eigenvalue weighted by molar-refractivity contribution is 6.02. The van der Waals surface area contributed by atoms with E-state index in [2.05, 4.69) is 20.8 Å². The average molecular weight is 340 g/mol. The monoisotopic (exact) mass is 340 g/mol. The number of anilines is 2. The second-order valence-electron chi connectivity index (χ2n) is 5.48. The lowest BCUT2D eigenvalue weighted by Gasteiger charge is -2.07. The molecule has 0 unspecified atom stereocenters. The van der Waals surface area contributed by atoms with Gasteiger partial charge in [-0.3, -0.25) is 4.79 Å². The molecular formula is C18H17FN4O2. The third-order valence-corrected chi connectivity index (χ3v) is 3.55. The Labute approximate surface area is 144 Å². The minimum absolute atomic E-state index is 0.211. The van der Waals surface area contributed by atoms with E-state index in [4.69, 9.17) is 4.52 Å². The van der Waals surface area contributed by atoms with Crippen molar-refractivity contribution in [1.82, 2.24) is 10.1 Å². The molecule has 3 rings (SSSR count). The fourth-order valence-corrected chi connectivity index (χ4v) is 2.28. The van der Waals surface area contributed by atoms with Crippen molar-refractivity contribution in [2.45, 2.75) is 13.3 Å². The lowest BCUT2D eigenvalue weighted by molar-refractivity contribution is 0.102. The number of aryl methyl sites for hydroxylation is 1. The molecule has 2 heterocycles. The summed E-state index contributed by atoms with van der Waals surface area (Å²) in [5, 5.41) is 9.45. The van der Waals surface area contributed by atoms with Crippen molar-refractivity contribution in [2.75, 3.05) is 17.2 Å². The fraction of sp³-hybridized carbons (Fsp3) is 0.167. The molecule has 3 aromatic rings. The number of nitrogens with one attached hydrogen (secondary N) is 2. The summed E-state index contributed by atoms with van der Waals surface area (Å²) >= 11 is 0. The van der Waals surface area contributed by atoms with Crippen LogP contribution in [0.4, 0.5) is 15.9 Å². The Morgan fingerprint density at radius 2 is 2.08 bits per heavy atom. The third kappa shape index (κ3) is 4.41. The van der Waals surface area contributed by atoms with Gasteiger partial charge in [0.15, 0.2) is 5.82 Å². The molecule has 0 saturated heterocycles. The first-order chi connectivity index (χ1) is 12.1. The van der Waals surface area contributed by atoms with E-state index in [1.807, 2.05) is 6.07 Å². The summed E-state index contributed by atoms with van der Waals surface area (Å²) in [6.45, 7) is 2.30. The summed E-state index contributed by atoms with van der Waals surface area (Å²) in [5.41, 5.74) is 1.67. The Morgan fingerprint density at radius 3 is 2.76 bits per heavy atom. The zero-order chi connectivity index (χ0) is 17.6. The van der Waals surface area contributed by atoms with Gasteiger partial charge in [-0.2, -0.15) is 0 Å². The average Bonchev–Trinajstić information content (AvgIpc) is 3.02. The molecule has 2 aromatic heterocycles. The molecule has 2 N–H and O–H groups in total. The first-order valence-electron chi connectivity index (χ1n) is 7.80. The van der Waals surface area contributed by atoms with Gasteiger partial charge in [-0.25, -0.2) is 9.37 Å². The highest BCUT2D eigenvalue weighted by Gasteiger charge is 2.10. The predicted molar refractivity (Wildman–Crippen MR) is 92.0 cm³/mol. The molecule has 0 atom stereocenters. The van der Waals surface area contributed by atoms with Gasteiger partial charge in [0.25, 0.3) is 5.91 Å². The van der Waals surface area contributed by atoms with E-state index in [0.717, 1.165) is 5.69 Å². The first kappa shape index (κ1) is 16.6. The maximum Gasteiger partial charge on any atom is 0.275 e. The van der Waals surface area contributed by atoms with Gasteiger partial charge in [-0.15, -0.1) is 0 Å². The minimum Gasteiger partial charge on any atom is -0.383 e. The van der Waals surface area contributed by atoms with Crippen LogP contribution >= 0.6 is 0 Å². The van der Waals surface area contributed by atoms with Crippen molar-refractivity contribution < 1.29 is 13.7 Å².